The molecule has 36 heavy (non-hydrogen) atoms. The average Bonchev–Trinajstić information content (AvgIpc) is 3.39. The molecule has 0 spiro atoms. The van der Waals surface area contributed by atoms with Gasteiger partial charge in [0.2, 0.25) is 11.9 Å². The maximum Gasteiger partial charge on any atom is 0.246 e. The molecule has 0 bridgehead atoms. The van der Waals surface area contributed by atoms with Crippen molar-refractivity contribution in [1.82, 2.24) is 14.9 Å². The topological polar surface area (TPSA) is 90.4 Å². The highest BCUT2D eigenvalue weighted by molar-refractivity contribution is 5.95. The second-order valence-electron chi connectivity index (χ2n) is 8.85. The lowest BCUT2D eigenvalue weighted by molar-refractivity contribution is -0.122. The van der Waals surface area contributed by atoms with E-state index in [1.165, 1.54) is 0 Å². The molecule has 4 aromatic rings. The van der Waals surface area contributed by atoms with Crippen LogP contribution in [-0.2, 0) is 4.79 Å². The highest BCUT2D eigenvalue weighted by atomic mass is 16.3. The molecule has 1 aliphatic rings. The molecular weight excluding hydrogens is 450 g/mol. The van der Waals surface area contributed by atoms with Crippen molar-refractivity contribution in [3.8, 4) is 11.3 Å². The number of aliphatic hydroxyl groups excluding tert-OH is 1. The summed E-state index contributed by atoms with van der Waals surface area (Å²) in [6.45, 7) is 0.829. The van der Waals surface area contributed by atoms with Gasteiger partial charge in [-0.2, -0.15) is 0 Å². The Morgan fingerprint density at radius 1 is 0.944 bits per heavy atom. The minimum atomic E-state index is -0.459. The van der Waals surface area contributed by atoms with Gasteiger partial charge in [-0.05, 0) is 55.3 Å². The van der Waals surface area contributed by atoms with Crippen LogP contribution in [0.15, 0.2) is 97.2 Å². The van der Waals surface area contributed by atoms with Gasteiger partial charge in [-0.3, -0.25) is 9.69 Å². The Kier molecular flexibility index (Phi) is 7.30. The first kappa shape index (κ1) is 23.7. The first-order chi connectivity index (χ1) is 17.7. The average molecular weight is 480 g/mol. The molecule has 1 aromatic heterocycles. The van der Waals surface area contributed by atoms with Crippen molar-refractivity contribution in [3.63, 3.8) is 0 Å². The van der Waals surface area contributed by atoms with Gasteiger partial charge in [0.05, 0.1) is 12.3 Å². The van der Waals surface area contributed by atoms with Crippen molar-refractivity contribution in [2.45, 2.75) is 24.9 Å². The molecule has 3 N–H and O–H groups in total. The summed E-state index contributed by atoms with van der Waals surface area (Å²) < 4.78 is 0. The fraction of sp³-hybridized carbons (Fsp3) is 0.207. The number of hydrogen-bond acceptors (Lipinski definition) is 6. The second-order valence-corrected chi connectivity index (χ2v) is 8.85. The van der Waals surface area contributed by atoms with E-state index >= 15 is 0 Å². The van der Waals surface area contributed by atoms with Crippen LogP contribution in [0.2, 0.25) is 0 Å². The molecule has 1 aliphatic heterocycles. The molecule has 1 amide bonds. The van der Waals surface area contributed by atoms with Crippen LogP contribution in [0.25, 0.3) is 11.3 Å². The molecular formula is C29H29N5O2. The van der Waals surface area contributed by atoms with Crippen molar-refractivity contribution >= 4 is 23.2 Å². The smallest absolute Gasteiger partial charge is 0.246 e. The molecule has 3 aromatic carbocycles. The number of aliphatic hydroxyl groups is 1. The number of likely N-dealkylation sites (tertiary alicyclic amines) is 1. The first-order valence-corrected chi connectivity index (χ1v) is 12.2. The largest absolute Gasteiger partial charge is 0.395 e. The van der Waals surface area contributed by atoms with Crippen molar-refractivity contribution in [3.05, 3.63) is 103 Å². The molecule has 7 nitrogen and oxygen atoms in total. The van der Waals surface area contributed by atoms with Crippen LogP contribution in [0, 0.1) is 0 Å². The van der Waals surface area contributed by atoms with Crippen LogP contribution >= 0.6 is 0 Å². The number of rotatable bonds is 8. The van der Waals surface area contributed by atoms with Gasteiger partial charge in [0.1, 0.15) is 6.04 Å². The third-order valence-electron chi connectivity index (χ3n) is 6.46. The molecule has 1 saturated heterocycles. The summed E-state index contributed by atoms with van der Waals surface area (Å²) in [5.41, 5.74) is 4.26. The quantitative estimate of drug-likeness (QED) is 0.329. The summed E-state index contributed by atoms with van der Waals surface area (Å²) in [5.74, 6) is 0.413. The lowest BCUT2D eigenvalue weighted by Gasteiger charge is -2.31. The summed E-state index contributed by atoms with van der Waals surface area (Å²) in [5, 5.41) is 16.1. The monoisotopic (exact) mass is 479 g/mol. The number of carbonyl (C=O) groups is 1. The van der Waals surface area contributed by atoms with Crippen LogP contribution in [0.3, 0.4) is 0 Å². The third kappa shape index (κ3) is 5.43. The summed E-state index contributed by atoms with van der Waals surface area (Å²) >= 11 is 0. The van der Waals surface area contributed by atoms with E-state index in [-0.39, 0.29) is 18.6 Å². The van der Waals surface area contributed by atoms with Crippen molar-refractivity contribution in [1.29, 1.82) is 0 Å². The second kappa shape index (κ2) is 11.1. The Bertz CT molecular complexity index is 1280. The third-order valence-corrected chi connectivity index (χ3v) is 6.46. The Balaban J connectivity index is 1.32. The summed E-state index contributed by atoms with van der Waals surface area (Å²) in [4.78, 5) is 24.5. The Morgan fingerprint density at radius 3 is 2.39 bits per heavy atom. The fourth-order valence-electron chi connectivity index (χ4n) is 4.69. The van der Waals surface area contributed by atoms with Crippen molar-refractivity contribution in [2.24, 2.45) is 0 Å². The van der Waals surface area contributed by atoms with E-state index in [1.807, 2.05) is 91.0 Å². The van der Waals surface area contributed by atoms with Gasteiger partial charge in [0, 0.05) is 29.2 Å². The van der Waals surface area contributed by atoms with Gasteiger partial charge in [-0.15, -0.1) is 0 Å². The minimum Gasteiger partial charge on any atom is -0.395 e. The Morgan fingerprint density at radius 2 is 1.67 bits per heavy atom. The number of nitrogens with zero attached hydrogens (tertiary/aromatic N) is 3. The number of anilines is 3. The van der Waals surface area contributed by atoms with Crippen molar-refractivity contribution < 1.29 is 9.90 Å². The number of nitrogens with one attached hydrogen (secondary N) is 2. The normalized spacial score (nSPS) is 16.4. The summed E-state index contributed by atoms with van der Waals surface area (Å²) in [7, 11) is 0. The molecule has 1 fully saturated rings. The Labute approximate surface area is 210 Å². The SMILES string of the molecule is O=C(Nc1ccc(-c2ccnc(Nc3ccccc3)n2)cc1)C(c1ccccc1)N1CCC[C@@H]1CO. The standard InChI is InChI=1S/C29H29N5O2/c35-20-25-12-7-19-34(25)27(22-8-3-1-4-9-22)28(36)31-24-15-13-21(14-16-24)26-17-18-30-29(33-26)32-23-10-5-2-6-11-23/h1-6,8-11,13-18,25,27,35H,7,12,19-20H2,(H,31,36)(H,30,32,33)/t25-,27?/m1/s1. The maximum absolute atomic E-state index is 13.5. The Hall–Kier alpha value is -4.07. The predicted octanol–water partition coefficient (Wildman–Crippen LogP) is 5.02. The zero-order chi connectivity index (χ0) is 24.7. The molecule has 2 heterocycles. The van der Waals surface area contributed by atoms with E-state index in [0.717, 1.165) is 41.9 Å². The molecule has 0 aliphatic carbocycles. The van der Waals surface area contributed by atoms with Gasteiger partial charge in [0.25, 0.3) is 0 Å². The van der Waals surface area contributed by atoms with Gasteiger partial charge in [-0.25, -0.2) is 9.97 Å². The lowest BCUT2D eigenvalue weighted by Crippen LogP contribution is -2.41. The number of aromatic nitrogens is 2. The number of amides is 1. The van der Waals surface area contributed by atoms with Crippen molar-refractivity contribution in [2.75, 3.05) is 23.8 Å². The van der Waals surface area contributed by atoms with Gasteiger partial charge in [-0.1, -0.05) is 60.7 Å². The van der Waals surface area contributed by atoms with Crippen LogP contribution in [0.1, 0.15) is 24.4 Å². The summed E-state index contributed by atoms with van der Waals surface area (Å²) in [6.07, 6.45) is 3.58. The summed E-state index contributed by atoms with van der Waals surface area (Å²) in [6, 6.07) is 28.6. The van der Waals surface area contributed by atoms with E-state index in [9.17, 15) is 9.90 Å². The molecule has 7 heteroatoms. The van der Waals surface area contributed by atoms with E-state index in [2.05, 4.69) is 25.5 Å². The van der Waals surface area contributed by atoms with Crippen LogP contribution in [0.4, 0.5) is 17.3 Å². The van der Waals surface area contributed by atoms with E-state index in [4.69, 9.17) is 0 Å². The van der Waals surface area contributed by atoms with Gasteiger partial charge in [0.15, 0.2) is 0 Å². The highest BCUT2D eigenvalue weighted by Gasteiger charge is 2.35. The molecule has 0 saturated carbocycles. The van der Waals surface area contributed by atoms with E-state index in [1.54, 1.807) is 6.20 Å². The zero-order valence-electron chi connectivity index (χ0n) is 19.9. The molecule has 0 radical (unpaired) electrons. The first-order valence-electron chi connectivity index (χ1n) is 12.2. The van der Waals surface area contributed by atoms with E-state index in [0.29, 0.717) is 11.6 Å². The molecule has 2 atom stereocenters. The number of para-hydroxylation sites is 1. The van der Waals surface area contributed by atoms with Gasteiger partial charge < -0.3 is 15.7 Å². The van der Waals surface area contributed by atoms with Gasteiger partial charge >= 0.3 is 0 Å². The molecule has 1 unspecified atom stereocenters. The number of carbonyl (C=O) groups excluding carboxylic acids is 1. The number of hydrogen-bond donors (Lipinski definition) is 3. The lowest BCUT2D eigenvalue weighted by atomic mass is 10.0. The van der Waals surface area contributed by atoms with Crippen LogP contribution in [0.5, 0.6) is 0 Å². The fourth-order valence-corrected chi connectivity index (χ4v) is 4.69. The van der Waals surface area contributed by atoms with E-state index < -0.39 is 6.04 Å². The minimum absolute atomic E-state index is 0.0141. The van der Waals surface area contributed by atoms with Crippen LogP contribution < -0.4 is 10.6 Å². The highest BCUT2D eigenvalue weighted by Crippen LogP contribution is 2.31. The zero-order valence-corrected chi connectivity index (χ0v) is 19.9. The molecule has 182 valence electrons. The number of benzene rings is 3. The maximum atomic E-state index is 13.5. The molecule has 5 rings (SSSR count). The van der Waals surface area contributed by atoms with Crippen LogP contribution in [-0.4, -0.2) is 45.1 Å². The predicted molar refractivity (Wildman–Crippen MR) is 142 cm³/mol.